The van der Waals surface area contributed by atoms with Crippen molar-refractivity contribution in [2.24, 2.45) is 0 Å². The van der Waals surface area contributed by atoms with Crippen LogP contribution in [0.2, 0.25) is 0 Å². The third-order valence-corrected chi connectivity index (χ3v) is 7.34. The van der Waals surface area contributed by atoms with Gasteiger partial charge in [-0.2, -0.15) is 0 Å². The van der Waals surface area contributed by atoms with Crippen LogP contribution >= 0.6 is 11.8 Å². The third-order valence-electron chi connectivity index (χ3n) is 6.39. The van der Waals surface area contributed by atoms with Crippen molar-refractivity contribution in [3.8, 4) is 11.4 Å². The Balaban J connectivity index is 1.34. The van der Waals surface area contributed by atoms with Crippen LogP contribution in [0.15, 0.2) is 71.9 Å². The average molecular weight is 457 g/mol. The van der Waals surface area contributed by atoms with Crippen molar-refractivity contribution >= 4 is 28.4 Å². The molecule has 1 fully saturated rings. The molecule has 5 nitrogen and oxygen atoms in total. The highest BCUT2D eigenvalue weighted by molar-refractivity contribution is 7.99. The zero-order valence-electron chi connectivity index (χ0n) is 19.1. The minimum absolute atomic E-state index is 0.135. The fourth-order valence-corrected chi connectivity index (χ4v) is 5.71. The number of nitrogens with zero attached hydrogens (tertiary/aromatic N) is 4. The molecule has 6 heteroatoms. The first-order chi connectivity index (χ1) is 16.2. The van der Waals surface area contributed by atoms with Crippen LogP contribution < -0.4 is 0 Å². The molecule has 1 saturated heterocycles. The summed E-state index contributed by atoms with van der Waals surface area (Å²) < 4.78 is 2.10. The van der Waals surface area contributed by atoms with Crippen LogP contribution in [0, 0.1) is 6.92 Å². The monoisotopic (exact) mass is 456 g/mol. The van der Waals surface area contributed by atoms with Crippen molar-refractivity contribution in [3.63, 3.8) is 0 Å². The second kappa shape index (κ2) is 9.40. The number of amides is 1. The van der Waals surface area contributed by atoms with Crippen molar-refractivity contribution < 1.29 is 4.79 Å². The minimum Gasteiger partial charge on any atom is -0.335 e. The number of likely N-dealkylation sites (tertiary alicyclic amines) is 1. The van der Waals surface area contributed by atoms with Gasteiger partial charge >= 0.3 is 0 Å². The predicted molar refractivity (Wildman–Crippen MR) is 134 cm³/mol. The van der Waals surface area contributed by atoms with Gasteiger partial charge in [0, 0.05) is 18.7 Å². The van der Waals surface area contributed by atoms with E-state index in [4.69, 9.17) is 0 Å². The molecular formula is C27H28N4OS. The van der Waals surface area contributed by atoms with Gasteiger partial charge in [0.15, 0.2) is 11.0 Å². The molecule has 0 saturated carbocycles. The van der Waals surface area contributed by atoms with Gasteiger partial charge in [-0.1, -0.05) is 78.0 Å². The zero-order chi connectivity index (χ0) is 22.8. The lowest BCUT2D eigenvalue weighted by molar-refractivity contribution is -0.129. The van der Waals surface area contributed by atoms with Crippen molar-refractivity contribution in [1.29, 1.82) is 0 Å². The van der Waals surface area contributed by atoms with Crippen molar-refractivity contribution in [2.75, 3.05) is 12.3 Å². The summed E-state index contributed by atoms with van der Waals surface area (Å²) in [6.07, 6.45) is 2.04. The number of carbonyl (C=O) groups excluding carboxylic acids is 1. The summed E-state index contributed by atoms with van der Waals surface area (Å²) in [4.78, 5) is 15.4. The molecule has 5 rings (SSSR count). The Bertz CT molecular complexity index is 1290. The fraction of sp³-hybridized carbons (Fsp3) is 0.296. The van der Waals surface area contributed by atoms with Gasteiger partial charge in [-0.05, 0) is 49.1 Å². The van der Waals surface area contributed by atoms with E-state index < -0.39 is 0 Å². The maximum atomic E-state index is 13.3. The Labute approximate surface area is 198 Å². The lowest BCUT2D eigenvalue weighted by Crippen LogP contribution is -2.32. The smallest absolute Gasteiger partial charge is 0.233 e. The molecule has 1 aliphatic heterocycles. The number of aromatic nitrogens is 3. The van der Waals surface area contributed by atoms with E-state index in [9.17, 15) is 4.79 Å². The first-order valence-corrected chi connectivity index (χ1v) is 12.5. The molecule has 1 atom stereocenters. The molecule has 168 valence electrons. The normalized spacial score (nSPS) is 15.9. The number of benzene rings is 3. The molecule has 2 heterocycles. The number of thioether (sulfide) groups is 1. The Morgan fingerprint density at radius 1 is 1.06 bits per heavy atom. The average Bonchev–Trinajstić information content (AvgIpc) is 3.49. The van der Waals surface area contributed by atoms with Crippen LogP contribution in [0.1, 0.15) is 36.9 Å². The van der Waals surface area contributed by atoms with Crippen LogP contribution in [-0.2, 0) is 11.3 Å². The van der Waals surface area contributed by atoms with E-state index in [0.717, 1.165) is 42.5 Å². The Morgan fingerprint density at radius 3 is 2.73 bits per heavy atom. The van der Waals surface area contributed by atoms with Gasteiger partial charge in [0.2, 0.25) is 5.91 Å². The van der Waals surface area contributed by atoms with Gasteiger partial charge in [-0.15, -0.1) is 10.2 Å². The summed E-state index contributed by atoms with van der Waals surface area (Å²) in [5.74, 6) is 1.39. The van der Waals surface area contributed by atoms with E-state index in [0.29, 0.717) is 5.75 Å². The van der Waals surface area contributed by atoms with E-state index in [1.165, 1.54) is 33.7 Å². The number of carbonyl (C=O) groups is 1. The molecular weight excluding hydrogens is 428 g/mol. The van der Waals surface area contributed by atoms with Crippen molar-refractivity contribution in [2.45, 2.75) is 44.4 Å². The first kappa shape index (κ1) is 21.7. The molecule has 4 aromatic rings. The summed E-state index contributed by atoms with van der Waals surface area (Å²) in [6, 6.07) is 23.3. The molecule has 0 bridgehead atoms. The maximum absolute atomic E-state index is 13.3. The highest BCUT2D eigenvalue weighted by atomic mass is 32.2. The lowest BCUT2D eigenvalue weighted by atomic mass is 9.97. The lowest BCUT2D eigenvalue weighted by Gasteiger charge is -2.26. The molecule has 33 heavy (non-hydrogen) atoms. The van der Waals surface area contributed by atoms with Gasteiger partial charge in [0.1, 0.15) is 0 Å². The fourth-order valence-electron chi connectivity index (χ4n) is 4.82. The second-order valence-corrected chi connectivity index (χ2v) is 9.46. The molecule has 0 radical (unpaired) electrons. The quantitative estimate of drug-likeness (QED) is 0.340. The Kier molecular flexibility index (Phi) is 6.18. The number of rotatable bonds is 6. The summed E-state index contributed by atoms with van der Waals surface area (Å²) in [6.45, 7) is 5.73. The van der Waals surface area contributed by atoms with E-state index in [1.807, 2.05) is 6.07 Å². The highest BCUT2D eigenvalue weighted by Gasteiger charge is 2.31. The molecule has 0 spiro atoms. The third kappa shape index (κ3) is 4.27. The molecule has 0 aliphatic carbocycles. The van der Waals surface area contributed by atoms with Crippen LogP contribution in [0.3, 0.4) is 0 Å². The van der Waals surface area contributed by atoms with E-state index >= 15 is 0 Å². The highest BCUT2D eigenvalue weighted by Crippen LogP contribution is 2.36. The van der Waals surface area contributed by atoms with Gasteiger partial charge in [-0.3, -0.25) is 4.79 Å². The molecule has 1 aliphatic rings. The first-order valence-electron chi connectivity index (χ1n) is 11.6. The van der Waals surface area contributed by atoms with Crippen LogP contribution in [0.25, 0.3) is 22.2 Å². The van der Waals surface area contributed by atoms with Gasteiger partial charge in [0.05, 0.1) is 11.8 Å². The van der Waals surface area contributed by atoms with Crippen molar-refractivity contribution in [1.82, 2.24) is 19.7 Å². The molecule has 1 amide bonds. The van der Waals surface area contributed by atoms with E-state index in [1.54, 1.807) is 0 Å². The topological polar surface area (TPSA) is 51.0 Å². The maximum Gasteiger partial charge on any atom is 0.233 e. The number of hydrogen-bond donors (Lipinski definition) is 0. The largest absolute Gasteiger partial charge is 0.335 e. The van der Waals surface area contributed by atoms with Gasteiger partial charge in [-0.25, -0.2) is 0 Å². The number of fused-ring (bicyclic) bond motifs is 1. The Hall–Kier alpha value is -3.12. The molecule has 3 aromatic carbocycles. The predicted octanol–water partition coefficient (Wildman–Crippen LogP) is 5.88. The summed E-state index contributed by atoms with van der Waals surface area (Å²) in [5.41, 5.74) is 3.50. The number of aryl methyl sites for hydroxylation is 1. The van der Waals surface area contributed by atoms with E-state index in [-0.39, 0.29) is 11.9 Å². The zero-order valence-corrected chi connectivity index (χ0v) is 19.9. The van der Waals surface area contributed by atoms with Gasteiger partial charge in [0.25, 0.3) is 0 Å². The second-order valence-electron chi connectivity index (χ2n) is 8.52. The number of hydrogen-bond acceptors (Lipinski definition) is 4. The SMILES string of the molecule is CCn1c(SCC(=O)N2CCCC2c2cccc3ccccc23)nnc1-c1cccc(C)c1. The summed E-state index contributed by atoms with van der Waals surface area (Å²) in [5, 5.41) is 12.1. The minimum atomic E-state index is 0.135. The van der Waals surface area contributed by atoms with E-state index in [2.05, 4.69) is 94.2 Å². The summed E-state index contributed by atoms with van der Waals surface area (Å²) in [7, 11) is 0. The van der Waals surface area contributed by atoms with Crippen LogP contribution in [-0.4, -0.2) is 37.9 Å². The Morgan fingerprint density at radius 2 is 1.88 bits per heavy atom. The molecule has 0 N–H and O–H groups in total. The standard InChI is InChI=1S/C27H28N4OS/c1-3-30-26(21-12-6-9-19(2)17-21)28-29-27(30)33-18-25(32)31-16-8-15-24(31)23-14-7-11-20-10-4-5-13-22(20)23/h4-7,9-14,17,24H,3,8,15-16,18H2,1-2H3. The van der Waals surface area contributed by atoms with Crippen molar-refractivity contribution in [3.05, 3.63) is 77.9 Å². The summed E-state index contributed by atoms with van der Waals surface area (Å²) >= 11 is 1.49. The van der Waals surface area contributed by atoms with Crippen LogP contribution in [0.4, 0.5) is 0 Å². The van der Waals surface area contributed by atoms with Crippen LogP contribution in [0.5, 0.6) is 0 Å². The molecule has 1 aromatic heterocycles. The molecule has 1 unspecified atom stereocenters. The van der Waals surface area contributed by atoms with Gasteiger partial charge < -0.3 is 9.47 Å².